The van der Waals surface area contributed by atoms with Crippen molar-refractivity contribution >= 4 is 17.5 Å². The Morgan fingerprint density at radius 3 is 2.64 bits per heavy atom. The van der Waals surface area contributed by atoms with E-state index in [0.29, 0.717) is 30.2 Å². The summed E-state index contributed by atoms with van der Waals surface area (Å²) in [5.74, 6) is -0.0199. The number of nitrogens with one attached hydrogen (secondary N) is 2. The average Bonchev–Trinajstić information content (AvgIpc) is 3.47. The van der Waals surface area contributed by atoms with Crippen LogP contribution in [0.1, 0.15) is 23.2 Å². The summed E-state index contributed by atoms with van der Waals surface area (Å²) in [7, 11) is 1.81. The Morgan fingerprint density at radius 1 is 1.18 bits per heavy atom. The number of anilines is 1. The van der Waals surface area contributed by atoms with E-state index in [4.69, 9.17) is 4.74 Å². The fourth-order valence-corrected chi connectivity index (χ4v) is 2.61. The van der Waals surface area contributed by atoms with Gasteiger partial charge >= 0.3 is 0 Å². The van der Waals surface area contributed by atoms with E-state index in [0.717, 1.165) is 12.8 Å². The highest BCUT2D eigenvalue weighted by Crippen LogP contribution is 2.20. The van der Waals surface area contributed by atoms with Gasteiger partial charge in [0.05, 0.1) is 6.54 Å². The Bertz CT molecular complexity index is 822. The van der Waals surface area contributed by atoms with E-state index in [9.17, 15) is 14.0 Å². The predicted molar refractivity (Wildman–Crippen MR) is 105 cm³/mol. The van der Waals surface area contributed by atoms with Gasteiger partial charge in [0.1, 0.15) is 18.2 Å². The van der Waals surface area contributed by atoms with E-state index in [1.54, 1.807) is 36.4 Å². The lowest BCUT2D eigenvalue weighted by atomic mass is 10.2. The van der Waals surface area contributed by atoms with Crippen molar-refractivity contribution in [3.63, 3.8) is 0 Å². The molecule has 1 aliphatic rings. The molecule has 0 aliphatic heterocycles. The monoisotopic (exact) mass is 385 g/mol. The van der Waals surface area contributed by atoms with Crippen LogP contribution in [0.15, 0.2) is 48.5 Å². The van der Waals surface area contributed by atoms with Crippen molar-refractivity contribution in [2.75, 3.05) is 32.1 Å². The molecule has 1 fully saturated rings. The Kier molecular flexibility index (Phi) is 6.60. The van der Waals surface area contributed by atoms with E-state index in [1.807, 2.05) is 11.9 Å². The Hall–Kier alpha value is -2.93. The number of halogens is 1. The van der Waals surface area contributed by atoms with Gasteiger partial charge in [-0.15, -0.1) is 0 Å². The number of nitrogens with zero attached hydrogens (tertiary/aromatic N) is 1. The van der Waals surface area contributed by atoms with Crippen LogP contribution in [0.25, 0.3) is 0 Å². The third kappa shape index (κ3) is 6.35. The normalized spacial score (nSPS) is 13.2. The van der Waals surface area contributed by atoms with Crippen molar-refractivity contribution in [2.24, 2.45) is 0 Å². The van der Waals surface area contributed by atoms with E-state index in [-0.39, 0.29) is 30.2 Å². The molecule has 2 amide bonds. The number of hydrogen-bond donors (Lipinski definition) is 2. The average molecular weight is 385 g/mol. The number of hydrogen-bond acceptors (Lipinski definition) is 4. The van der Waals surface area contributed by atoms with E-state index < -0.39 is 0 Å². The van der Waals surface area contributed by atoms with Gasteiger partial charge in [0.15, 0.2) is 0 Å². The second kappa shape index (κ2) is 9.32. The molecule has 0 saturated heterocycles. The summed E-state index contributed by atoms with van der Waals surface area (Å²) in [5, 5.41) is 5.74. The summed E-state index contributed by atoms with van der Waals surface area (Å²) < 4.78 is 18.4. The third-order valence-electron chi connectivity index (χ3n) is 4.29. The van der Waals surface area contributed by atoms with E-state index in [2.05, 4.69) is 10.6 Å². The Balaban J connectivity index is 1.41. The SMILES string of the molecule is CN(CCOc1ccc(F)cc1)CC(=O)Nc1cccc(C(=O)NC2CC2)c1. The lowest BCUT2D eigenvalue weighted by Crippen LogP contribution is -2.33. The summed E-state index contributed by atoms with van der Waals surface area (Å²) in [6.07, 6.45) is 2.05. The molecule has 0 radical (unpaired) electrons. The van der Waals surface area contributed by atoms with Gasteiger partial charge < -0.3 is 15.4 Å². The van der Waals surface area contributed by atoms with Crippen LogP contribution in [0.4, 0.5) is 10.1 Å². The molecular weight excluding hydrogens is 361 g/mol. The molecule has 1 saturated carbocycles. The molecule has 3 rings (SSSR count). The van der Waals surface area contributed by atoms with Crippen LogP contribution < -0.4 is 15.4 Å². The standard InChI is InChI=1S/C21H24FN3O3/c1-25(11-12-28-19-9-5-16(22)6-10-19)14-20(26)23-18-4-2-3-15(13-18)21(27)24-17-7-8-17/h2-6,9-10,13,17H,7-8,11-12,14H2,1H3,(H,23,26)(H,24,27). The highest BCUT2D eigenvalue weighted by atomic mass is 19.1. The van der Waals surface area contributed by atoms with Crippen molar-refractivity contribution in [3.05, 3.63) is 59.9 Å². The molecule has 0 aromatic heterocycles. The highest BCUT2D eigenvalue weighted by molar-refractivity contribution is 5.97. The highest BCUT2D eigenvalue weighted by Gasteiger charge is 2.23. The molecule has 7 heteroatoms. The zero-order chi connectivity index (χ0) is 19.9. The zero-order valence-electron chi connectivity index (χ0n) is 15.8. The minimum absolute atomic E-state index is 0.117. The zero-order valence-corrected chi connectivity index (χ0v) is 15.8. The first-order valence-corrected chi connectivity index (χ1v) is 9.27. The third-order valence-corrected chi connectivity index (χ3v) is 4.29. The van der Waals surface area contributed by atoms with E-state index in [1.165, 1.54) is 12.1 Å². The maximum Gasteiger partial charge on any atom is 0.251 e. The summed E-state index contributed by atoms with van der Waals surface area (Å²) in [4.78, 5) is 26.1. The second-order valence-electron chi connectivity index (χ2n) is 6.92. The molecule has 28 heavy (non-hydrogen) atoms. The van der Waals surface area contributed by atoms with Gasteiger partial charge in [0, 0.05) is 23.8 Å². The molecule has 0 spiro atoms. The molecule has 0 atom stereocenters. The summed E-state index contributed by atoms with van der Waals surface area (Å²) in [6.45, 7) is 1.10. The molecule has 0 bridgehead atoms. The molecular formula is C21H24FN3O3. The second-order valence-corrected chi connectivity index (χ2v) is 6.92. The van der Waals surface area contributed by atoms with Crippen LogP contribution in [-0.4, -0.2) is 49.5 Å². The smallest absolute Gasteiger partial charge is 0.251 e. The first kappa shape index (κ1) is 19.8. The number of rotatable bonds is 9. The maximum absolute atomic E-state index is 12.9. The van der Waals surface area contributed by atoms with Gasteiger partial charge in [0.2, 0.25) is 5.91 Å². The maximum atomic E-state index is 12.9. The first-order chi connectivity index (χ1) is 13.5. The number of benzene rings is 2. The van der Waals surface area contributed by atoms with Gasteiger partial charge in [0.25, 0.3) is 5.91 Å². The number of amides is 2. The quantitative estimate of drug-likeness (QED) is 0.696. The van der Waals surface area contributed by atoms with Gasteiger partial charge in [-0.1, -0.05) is 6.07 Å². The molecule has 0 unspecified atom stereocenters. The molecule has 0 heterocycles. The first-order valence-electron chi connectivity index (χ1n) is 9.27. The lowest BCUT2D eigenvalue weighted by molar-refractivity contribution is -0.117. The number of carbonyl (C=O) groups is 2. The van der Waals surface area contributed by atoms with Gasteiger partial charge in [-0.3, -0.25) is 14.5 Å². The largest absolute Gasteiger partial charge is 0.492 e. The van der Waals surface area contributed by atoms with Crippen molar-refractivity contribution in [1.29, 1.82) is 0 Å². The van der Waals surface area contributed by atoms with Crippen molar-refractivity contribution in [1.82, 2.24) is 10.2 Å². The summed E-state index contributed by atoms with van der Waals surface area (Å²) in [5.41, 5.74) is 1.12. The van der Waals surface area contributed by atoms with Crippen LogP contribution in [0.2, 0.25) is 0 Å². The van der Waals surface area contributed by atoms with Crippen molar-refractivity contribution in [3.8, 4) is 5.75 Å². The van der Waals surface area contributed by atoms with Crippen LogP contribution in [0.3, 0.4) is 0 Å². The summed E-state index contributed by atoms with van der Waals surface area (Å²) in [6, 6.07) is 13.0. The lowest BCUT2D eigenvalue weighted by Gasteiger charge is -2.17. The van der Waals surface area contributed by atoms with Crippen LogP contribution in [-0.2, 0) is 4.79 Å². The topological polar surface area (TPSA) is 70.7 Å². The molecule has 1 aliphatic carbocycles. The van der Waals surface area contributed by atoms with Gasteiger partial charge in [-0.25, -0.2) is 4.39 Å². The molecule has 2 aromatic carbocycles. The minimum Gasteiger partial charge on any atom is -0.492 e. The minimum atomic E-state index is -0.310. The molecule has 148 valence electrons. The molecule has 2 N–H and O–H groups in total. The van der Waals surface area contributed by atoms with Gasteiger partial charge in [-0.2, -0.15) is 0 Å². The van der Waals surface area contributed by atoms with Gasteiger partial charge in [-0.05, 0) is 62.4 Å². The Morgan fingerprint density at radius 2 is 1.93 bits per heavy atom. The number of ether oxygens (including phenoxy) is 1. The molecule has 2 aromatic rings. The fourth-order valence-electron chi connectivity index (χ4n) is 2.61. The van der Waals surface area contributed by atoms with Crippen LogP contribution >= 0.6 is 0 Å². The van der Waals surface area contributed by atoms with Crippen LogP contribution in [0.5, 0.6) is 5.75 Å². The fraction of sp³-hybridized carbons (Fsp3) is 0.333. The van der Waals surface area contributed by atoms with Crippen molar-refractivity contribution in [2.45, 2.75) is 18.9 Å². The number of carbonyl (C=O) groups excluding carboxylic acids is 2. The molecule has 6 nitrogen and oxygen atoms in total. The Labute approximate surface area is 163 Å². The summed E-state index contributed by atoms with van der Waals surface area (Å²) >= 11 is 0. The van der Waals surface area contributed by atoms with Crippen molar-refractivity contribution < 1.29 is 18.7 Å². The predicted octanol–water partition coefficient (Wildman–Crippen LogP) is 2.67. The van der Waals surface area contributed by atoms with E-state index >= 15 is 0 Å². The number of likely N-dealkylation sites (N-methyl/N-ethyl adjacent to an activating group) is 1. The van der Waals surface area contributed by atoms with Crippen LogP contribution in [0, 0.1) is 5.82 Å².